The van der Waals surface area contributed by atoms with Gasteiger partial charge in [-0.05, 0) is 19.9 Å². The number of rotatable bonds is 4. The Morgan fingerprint density at radius 1 is 1.56 bits per heavy atom. The lowest BCUT2D eigenvalue weighted by Crippen LogP contribution is -2.32. The smallest absolute Gasteiger partial charge is 0.295 e. The van der Waals surface area contributed by atoms with E-state index >= 15 is 0 Å². The maximum atomic E-state index is 13.5. The molecule has 18 heavy (non-hydrogen) atoms. The summed E-state index contributed by atoms with van der Waals surface area (Å²) in [5.74, 6) is -1.42. The van der Waals surface area contributed by atoms with Crippen LogP contribution in [0.25, 0.3) is 0 Å². The van der Waals surface area contributed by atoms with Crippen molar-refractivity contribution in [2.45, 2.75) is 13.8 Å². The van der Waals surface area contributed by atoms with Crippen LogP contribution in [0.3, 0.4) is 0 Å². The summed E-state index contributed by atoms with van der Waals surface area (Å²) in [7, 11) is 0. The lowest BCUT2D eigenvalue weighted by molar-refractivity contribution is -0.384. The van der Waals surface area contributed by atoms with Crippen LogP contribution in [0.5, 0.6) is 0 Å². The van der Waals surface area contributed by atoms with Crippen LogP contribution >= 0.6 is 11.6 Å². The van der Waals surface area contributed by atoms with E-state index in [-0.39, 0.29) is 5.88 Å². The van der Waals surface area contributed by atoms with Crippen LogP contribution in [-0.2, 0) is 4.79 Å². The Bertz CT molecular complexity index is 491. The van der Waals surface area contributed by atoms with Gasteiger partial charge in [0.05, 0.1) is 10.3 Å². The summed E-state index contributed by atoms with van der Waals surface area (Å²) in [6.07, 6.45) is 0. The number of alkyl halides is 1. The van der Waals surface area contributed by atoms with Crippen molar-refractivity contribution in [3.8, 4) is 0 Å². The molecule has 0 fully saturated rings. The number of nitro benzene ring substituents is 1. The molecule has 0 aliphatic heterocycles. The van der Waals surface area contributed by atoms with Crippen molar-refractivity contribution in [1.29, 1.82) is 0 Å². The number of nitrogens with one attached hydrogen (secondary N) is 1. The van der Waals surface area contributed by atoms with Crippen molar-refractivity contribution in [1.82, 2.24) is 0 Å². The highest BCUT2D eigenvalue weighted by Gasteiger charge is 2.29. The van der Waals surface area contributed by atoms with Gasteiger partial charge in [-0.2, -0.15) is 0 Å². The van der Waals surface area contributed by atoms with Crippen LogP contribution in [0.2, 0.25) is 0 Å². The first-order chi connectivity index (χ1) is 8.29. The molecular weight excluding hydrogens is 263 g/mol. The summed E-state index contributed by atoms with van der Waals surface area (Å²) in [6, 6.07) is 3.36. The van der Waals surface area contributed by atoms with Gasteiger partial charge in [-0.25, -0.2) is 4.39 Å². The fourth-order valence-electron chi connectivity index (χ4n) is 1.13. The first-order valence-electron chi connectivity index (χ1n) is 5.10. The highest BCUT2D eigenvalue weighted by molar-refractivity contribution is 6.20. The average molecular weight is 275 g/mol. The molecule has 0 saturated carbocycles. The van der Waals surface area contributed by atoms with Crippen LogP contribution in [-0.4, -0.2) is 16.7 Å². The Kier molecular flexibility index (Phi) is 4.24. The Hall–Kier alpha value is -1.69. The first kappa shape index (κ1) is 14.4. The van der Waals surface area contributed by atoms with Crippen LogP contribution < -0.4 is 5.32 Å². The molecule has 5 nitrogen and oxygen atoms in total. The normalized spacial score (nSPS) is 11.1. The van der Waals surface area contributed by atoms with Crippen molar-refractivity contribution in [2.24, 2.45) is 5.41 Å². The average Bonchev–Trinajstić information content (AvgIpc) is 2.31. The molecule has 98 valence electrons. The maximum absolute atomic E-state index is 13.5. The highest BCUT2D eigenvalue weighted by atomic mass is 35.5. The summed E-state index contributed by atoms with van der Waals surface area (Å²) in [5.41, 5.74) is -1.88. The van der Waals surface area contributed by atoms with Gasteiger partial charge in [-0.3, -0.25) is 14.9 Å². The van der Waals surface area contributed by atoms with Crippen molar-refractivity contribution in [3.05, 3.63) is 34.1 Å². The van der Waals surface area contributed by atoms with Crippen LogP contribution in [0.4, 0.5) is 15.8 Å². The molecule has 0 heterocycles. The molecular formula is C11H12ClFN2O3. The lowest BCUT2D eigenvalue weighted by atomic mass is 9.95. The fourth-order valence-corrected chi connectivity index (χ4v) is 1.25. The van der Waals surface area contributed by atoms with E-state index in [0.717, 1.165) is 12.1 Å². The Balaban J connectivity index is 3.12. The molecule has 1 aromatic rings. The second kappa shape index (κ2) is 5.30. The van der Waals surface area contributed by atoms with E-state index < -0.39 is 33.4 Å². The van der Waals surface area contributed by atoms with E-state index in [0.29, 0.717) is 0 Å². The number of anilines is 1. The molecule has 0 atom stereocenters. The topological polar surface area (TPSA) is 72.2 Å². The van der Waals surface area contributed by atoms with Gasteiger partial charge in [0.2, 0.25) is 5.91 Å². The van der Waals surface area contributed by atoms with Gasteiger partial charge >= 0.3 is 0 Å². The lowest BCUT2D eigenvalue weighted by Gasteiger charge is -2.20. The van der Waals surface area contributed by atoms with Crippen molar-refractivity contribution >= 4 is 28.9 Å². The monoisotopic (exact) mass is 274 g/mol. The minimum atomic E-state index is -0.947. The summed E-state index contributed by atoms with van der Waals surface area (Å²) in [5, 5.41) is 12.9. The minimum Gasteiger partial charge on any atom is -0.317 e. The molecule has 0 bridgehead atoms. The first-order valence-corrected chi connectivity index (χ1v) is 5.63. The molecule has 1 amide bonds. The van der Waals surface area contributed by atoms with E-state index in [1.54, 1.807) is 13.8 Å². The summed E-state index contributed by atoms with van der Waals surface area (Å²) >= 11 is 5.61. The zero-order valence-corrected chi connectivity index (χ0v) is 10.6. The van der Waals surface area contributed by atoms with Gasteiger partial charge in [0.25, 0.3) is 5.69 Å². The van der Waals surface area contributed by atoms with Crippen LogP contribution in [0.1, 0.15) is 13.8 Å². The number of amides is 1. The Labute approximate surface area is 108 Å². The predicted molar refractivity (Wildman–Crippen MR) is 66.2 cm³/mol. The van der Waals surface area contributed by atoms with Gasteiger partial charge in [-0.1, -0.05) is 6.07 Å². The van der Waals surface area contributed by atoms with E-state index in [1.165, 1.54) is 6.07 Å². The second-order valence-corrected chi connectivity index (χ2v) is 4.63. The number of nitro groups is 1. The van der Waals surface area contributed by atoms with Crippen molar-refractivity contribution in [2.75, 3.05) is 11.2 Å². The summed E-state index contributed by atoms with van der Waals surface area (Å²) in [6.45, 7) is 3.12. The van der Waals surface area contributed by atoms with E-state index in [4.69, 9.17) is 11.6 Å². The van der Waals surface area contributed by atoms with Crippen molar-refractivity contribution < 1.29 is 14.1 Å². The van der Waals surface area contributed by atoms with E-state index in [1.807, 2.05) is 0 Å². The predicted octanol–water partition coefficient (Wildman–Crippen LogP) is 2.94. The quantitative estimate of drug-likeness (QED) is 0.521. The largest absolute Gasteiger partial charge is 0.317 e. The molecule has 1 N–H and O–H groups in total. The molecule has 0 aliphatic carbocycles. The number of hydrogen-bond donors (Lipinski definition) is 1. The number of carbonyl (C=O) groups excluding carboxylic acids is 1. The standard InChI is InChI=1S/C11H12ClFN2O3/c1-11(2,6-12)10(16)14-9-7(13)4-3-5-8(9)15(17)18/h3-5H,6H2,1-2H3,(H,14,16). The third-order valence-corrected chi connectivity index (χ3v) is 3.04. The maximum Gasteiger partial charge on any atom is 0.295 e. The zero-order chi connectivity index (χ0) is 13.9. The molecule has 0 unspecified atom stereocenters. The zero-order valence-electron chi connectivity index (χ0n) is 9.87. The number of hydrogen-bond acceptors (Lipinski definition) is 3. The molecule has 0 aliphatic rings. The molecule has 0 spiro atoms. The van der Waals surface area contributed by atoms with Crippen LogP contribution in [0.15, 0.2) is 18.2 Å². The van der Waals surface area contributed by atoms with E-state index in [9.17, 15) is 19.3 Å². The summed E-state index contributed by atoms with van der Waals surface area (Å²) < 4.78 is 13.5. The molecule has 1 aromatic carbocycles. The fraction of sp³-hybridized carbons (Fsp3) is 0.364. The SMILES string of the molecule is CC(C)(CCl)C(=O)Nc1c(F)cccc1[N+](=O)[O-]. The number of halogens is 2. The number of nitrogens with zero attached hydrogens (tertiary/aromatic N) is 1. The third-order valence-electron chi connectivity index (χ3n) is 2.38. The molecule has 0 radical (unpaired) electrons. The van der Waals surface area contributed by atoms with E-state index in [2.05, 4.69) is 5.32 Å². The van der Waals surface area contributed by atoms with Gasteiger partial charge in [0.15, 0.2) is 11.5 Å². The Morgan fingerprint density at radius 3 is 2.67 bits per heavy atom. The van der Waals surface area contributed by atoms with Crippen LogP contribution in [0, 0.1) is 21.3 Å². The van der Waals surface area contributed by atoms with Gasteiger partial charge in [0, 0.05) is 11.9 Å². The number of para-hydroxylation sites is 1. The molecule has 0 saturated heterocycles. The Morgan fingerprint density at radius 2 is 2.17 bits per heavy atom. The second-order valence-electron chi connectivity index (χ2n) is 4.36. The number of benzene rings is 1. The molecule has 7 heteroatoms. The van der Waals surface area contributed by atoms with Gasteiger partial charge in [0.1, 0.15) is 0 Å². The minimum absolute atomic E-state index is 0.0150. The third kappa shape index (κ3) is 2.95. The highest BCUT2D eigenvalue weighted by Crippen LogP contribution is 2.29. The number of carbonyl (C=O) groups is 1. The van der Waals surface area contributed by atoms with Gasteiger partial charge < -0.3 is 5.32 Å². The molecule has 1 rings (SSSR count). The van der Waals surface area contributed by atoms with Gasteiger partial charge in [-0.15, -0.1) is 11.6 Å². The summed E-state index contributed by atoms with van der Waals surface area (Å²) in [4.78, 5) is 21.8. The van der Waals surface area contributed by atoms with Crippen molar-refractivity contribution in [3.63, 3.8) is 0 Å². The molecule has 0 aromatic heterocycles.